The Bertz CT molecular complexity index is 522. The molecule has 1 aliphatic heterocycles. The van der Waals surface area contributed by atoms with Crippen molar-refractivity contribution in [2.24, 2.45) is 0 Å². The molecular weight excluding hydrogens is 318 g/mol. The highest BCUT2D eigenvalue weighted by molar-refractivity contribution is 7.09. The Morgan fingerprint density at radius 3 is 2.75 bits per heavy atom. The standard InChI is InChI=1S/C19H31N3OS/c1-15-18(24-14-20-15)10-11-19(23)21-16-7-6-12-22(13-16)17-8-4-2-3-5-9-17/h14,16-17H,2-13H2,1H3,(H,21,23)/t16-/m0/s1. The molecule has 0 unspecified atom stereocenters. The van der Waals surface area contributed by atoms with Crippen LogP contribution in [-0.2, 0) is 11.2 Å². The number of rotatable bonds is 5. The fourth-order valence-corrected chi connectivity index (χ4v) is 4.95. The number of nitrogens with one attached hydrogen (secondary N) is 1. The van der Waals surface area contributed by atoms with Gasteiger partial charge < -0.3 is 5.32 Å². The summed E-state index contributed by atoms with van der Waals surface area (Å²) in [6.45, 7) is 4.29. The van der Waals surface area contributed by atoms with E-state index in [-0.39, 0.29) is 5.91 Å². The molecule has 1 aromatic rings. The topological polar surface area (TPSA) is 45.2 Å². The molecule has 1 atom stereocenters. The van der Waals surface area contributed by atoms with E-state index in [2.05, 4.69) is 15.2 Å². The molecule has 3 rings (SSSR count). The summed E-state index contributed by atoms with van der Waals surface area (Å²) in [6, 6.07) is 1.10. The molecule has 2 aliphatic rings. The van der Waals surface area contributed by atoms with Gasteiger partial charge in [-0.1, -0.05) is 25.7 Å². The SMILES string of the molecule is Cc1ncsc1CCC(=O)N[C@H]1CCCN(C2CCCCCC2)C1. The maximum absolute atomic E-state index is 12.3. The third kappa shape index (κ3) is 5.03. The van der Waals surface area contributed by atoms with Crippen LogP contribution < -0.4 is 5.32 Å². The Morgan fingerprint density at radius 1 is 1.25 bits per heavy atom. The van der Waals surface area contributed by atoms with Gasteiger partial charge in [-0.25, -0.2) is 4.98 Å². The number of carbonyl (C=O) groups excluding carboxylic acids is 1. The minimum Gasteiger partial charge on any atom is -0.352 e. The Labute approximate surface area is 150 Å². The van der Waals surface area contributed by atoms with Crippen LogP contribution in [0.1, 0.15) is 68.4 Å². The Morgan fingerprint density at radius 2 is 2.04 bits per heavy atom. The summed E-state index contributed by atoms with van der Waals surface area (Å²) < 4.78 is 0. The van der Waals surface area contributed by atoms with Gasteiger partial charge in [0, 0.05) is 29.9 Å². The van der Waals surface area contributed by atoms with E-state index < -0.39 is 0 Å². The molecule has 2 fully saturated rings. The van der Waals surface area contributed by atoms with Gasteiger partial charge in [0.15, 0.2) is 0 Å². The van der Waals surface area contributed by atoms with Crippen LogP contribution in [-0.4, -0.2) is 41.0 Å². The summed E-state index contributed by atoms with van der Waals surface area (Å²) in [5.41, 5.74) is 2.94. The highest BCUT2D eigenvalue weighted by atomic mass is 32.1. The lowest BCUT2D eigenvalue weighted by molar-refractivity contribution is -0.122. The third-order valence-electron chi connectivity index (χ3n) is 5.58. The highest BCUT2D eigenvalue weighted by Gasteiger charge is 2.27. The van der Waals surface area contributed by atoms with Crippen LogP contribution in [0.5, 0.6) is 0 Å². The van der Waals surface area contributed by atoms with Gasteiger partial charge in [0.2, 0.25) is 5.91 Å². The molecule has 1 saturated carbocycles. The molecule has 1 amide bonds. The summed E-state index contributed by atoms with van der Waals surface area (Å²) in [5, 5.41) is 3.29. The molecule has 1 saturated heterocycles. The van der Waals surface area contributed by atoms with E-state index in [9.17, 15) is 4.79 Å². The van der Waals surface area contributed by atoms with Crippen LogP contribution in [0.4, 0.5) is 0 Å². The maximum atomic E-state index is 12.3. The van der Waals surface area contributed by atoms with Gasteiger partial charge in [-0.2, -0.15) is 0 Å². The van der Waals surface area contributed by atoms with Gasteiger partial charge in [0.1, 0.15) is 0 Å². The van der Waals surface area contributed by atoms with Gasteiger partial charge in [0.25, 0.3) is 0 Å². The van der Waals surface area contributed by atoms with Crippen molar-refractivity contribution in [3.8, 4) is 0 Å². The molecule has 2 heterocycles. The number of hydrogen-bond donors (Lipinski definition) is 1. The highest BCUT2D eigenvalue weighted by Crippen LogP contribution is 2.24. The number of hydrogen-bond acceptors (Lipinski definition) is 4. The second-order valence-electron chi connectivity index (χ2n) is 7.41. The van der Waals surface area contributed by atoms with Gasteiger partial charge in [-0.05, 0) is 45.6 Å². The van der Waals surface area contributed by atoms with Crippen LogP contribution in [0.2, 0.25) is 0 Å². The largest absolute Gasteiger partial charge is 0.352 e. The van der Waals surface area contributed by atoms with Crippen LogP contribution >= 0.6 is 11.3 Å². The molecule has 5 heteroatoms. The van der Waals surface area contributed by atoms with E-state index in [0.717, 1.165) is 31.1 Å². The predicted octanol–water partition coefficient (Wildman–Crippen LogP) is 3.69. The van der Waals surface area contributed by atoms with Crippen molar-refractivity contribution in [2.75, 3.05) is 13.1 Å². The predicted molar refractivity (Wildman–Crippen MR) is 99.4 cm³/mol. The molecule has 0 bridgehead atoms. The summed E-state index contributed by atoms with van der Waals surface area (Å²) in [5.74, 6) is 0.204. The minimum atomic E-state index is 0.204. The second kappa shape index (κ2) is 8.95. The monoisotopic (exact) mass is 349 g/mol. The first-order chi connectivity index (χ1) is 11.7. The van der Waals surface area contributed by atoms with E-state index in [1.165, 1.54) is 56.4 Å². The minimum absolute atomic E-state index is 0.204. The van der Waals surface area contributed by atoms with Crippen molar-refractivity contribution in [1.82, 2.24) is 15.2 Å². The lowest BCUT2D eigenvalue weighted by Gasteiger charge is -2.38. The van der Waals surface area contributed by atoms with Gasteiger partial charge in [-0.3, -0.25) is 9.69 Å². The molecule has 24 heavy (non-hydrogen) atoms. The van der Waals surface area contributed by atoms with Crippen molar-refractivity contribution in [2.45, 2.75) is 83.2 Å². The van der Waals surface area contributed by atoms with Crippen molar-refractivity contribution in [1.29, 1.82) is 0 Å². The fraction of sp³-hybridized carbons (Fsp3) is 0.789. The average molecular weight is 350 g/mol. The van der Waals surface area contributed by atoms with Crippen molar-refractivity contribution in [3.63, 3.8) is 0 Å². The number of piperidine rings is 1. The lowest BCUT2D eigenvalue weighted by atomic mass is 9.99. The smallest absolute Gasteiger partial charge is 0.220 e. The van der Waals surface area contributed by atoms with Gasteiger partial charge >= 0.3 is 0 Å². The van der Waals surface area contributed by atoms with Gasteiger partial charge in [-0.15, -0.1) is 11.3 Å². The van der Waals surface area contributed by atoms with Crippen LogP contribution in [0, 0.1) is 6.92 Å². The van der Waals surface area contributed by atoms with E-state index in [4.69, 9.17) is 0 Å². The van der Waals surface area contributed by atoms with Crippen molar-refractivity contribution >= 4 is 17.2 Å². The molecule has 134 valence electrons. The molecule has 4 nitrogen and oxygen atoms in total. The van der Waals surface area contributed by atoms with Crippen LogP contribution in [0.3, 0.4) is 0 Å². The number of aromatic nitrogens is 1. The van der Waals surface area contributed by atoms with Crippen LogP contribution in [0.15, 0.2) is 5.51 Å². The zero-order valence-corrected chi connectivity index (χ0v) is 15.7. The summed E-state index contributed by atoms with van der Waals surface area (Å²) in [4.78, 5) is 20.5. The zero-order valence-electron chi connectivity index (χ0n) is 14.9. The van der Waals surface area contributed by atoms with Crippen molar-refractivity contribution < 1.29 is 4.79 Å². The zero-order chi connectivity index (χ0) is 16.8. The number of nitrogens with zero attached hydrogens (tertiary/aromatic N) is 2. The Balaban J connectivity index is 1.44. The van der Waals surface area contributed by atoms with Crippen LogP contribution in [0.25, 0.3) is 0 Å². The quantitative estimate of drug-likeness (QED) is 0.825. The normalized spacial score (nSPS) is 23.8. The third-order valence-corrected chi connectivity index (χ3v) is 6.58. The first-order valence-corrected chi connectivity index (χ1v) is 10.5. The van der Waals surface area contributed by atoms with E-state index in [0.29, 0.717) is 12.5 Å². The lowest BCUT2D eigenvalue weighted by Crippen LogP contribution is -2.50. The number of likely N-dealkylation sites (tertiary alicyclic amines) is 1. The molecule has 1 aliphatic carbocycles. The second-order valence-corrected chi connectivity index (χ2v) is 8.35. The van der Waals surface area contributed by atoms with E-state index in [1.54, 1.807) is 11.3 Å². The average Bonchev–Trinajstić information content (AvgIpc) is 2.83. The van der Waals surface area contributed by atoms with E-state index >= 15 is 0 Å². The fourth-order valence-electron chi connectivity index (χ4n) is 4.17. The summed E-state index contributed by atoms with van der Waals surface area (Å²) in [7, 11) is 0. The Hall–Kier alpha value is -0.940. The number of amides is 1. The Kier molecular flexibility index (Phi) is 6.67. The molecular formula is C19H31N3OS. The number of aryl methyl sites for hydroxylation is 2. The first kappa shape index (κ1) is 17.9. The molecule has 0 radical (unpaired) electrons. The number of carbonyl (C=O) groups is 1. The first-order valence-electron chi connectivity index (χ1n) is 9.65. The van der Waals surface area contributed by atoms with Gasteiger partial charge in [0.05, 0.1) is 11.2 Å². The molecule has 0 aromatic carbocycles. The molecule has 1 N–H and O–H groups in total. The van der Waals surface area contributed by atoms with Crippen molar-refractivity contribution in [3.05, 3.63) is 16.1 Å². The summed E-state index contributed by atoms with van der Waals surface area (Å²) in [6.07, 6.45) is 12.0. The summed E-state index contributed by atoms with van der Waals surface area (Å²) >= 11 is 1.66. The molecule has 0 spiro atoms. The maximum Gasteiger partial charge on any atom is 0.220 e. The molecule has 1 aromatic heterocycles. The van der Waals surface area contributed by atoms with E-state index in [1.807, 2.05) is 12.4 Å². The number of thiazole rings is 1.